The van der Waals surface area contributed by atoms with Gasteiger partial charge in [0.1, 0.15) is 5.75 Å². The maximum absolute atomic E-state index is 12.6. The predicted octanol–water partition coefficient (Wildman–Crippen LogP) is 1.46. The first-order valence-corrected chi connectivity index (χ1v) is 8.77. The molecule has 0 aliphatic heterocycles. The second kappa shape index (κ2) is 7.95. The number of aromatic nitrogens is 4. The van der Waals surface area contributed by atoms with Crippen LogP contribution in [0.25, 0.3) is 11.2 Å². The zero-order valence-electron chi connectivity index (χ0n) is 16.0. The molecule has 146 valence electrons. The summed E-state index contributed by atoms with van der Waals surface area (Å²) >= 11 is 0. The van der Waals surface area contributed by atoms with Crippen molar-refractivity contribution in [1.82, 2.24) is 18.7 Å². The van der Waals surface area contributed by atoms with Crippen molar-refractivity contribution in [2.75, 3.05) is 12.0 Å². The number of allylic oxidation sites excluding steroid dienone is 1. The van der Waals surface area contributed by atoms with E-state index in [4.69, 9.17) is 4.74 Å². The molecule has 9 heteroatoms. The molecule has 3 aromatic rings. The number of hydrogen-bond acceptors (Lipinski definition) is 6. The lowest BCUT2D eigenvalue weighted by molar-refractivity contribution is 0.340. The SMILES string of the molecule is C=CCn1c(NN=Cc2ccc(OCC)cc2)nc2c1c(=O)n(C)c(=O)n2C. The number of aryl methyl sites for hydroxylation is 1. The number of imidazole rings is 1. The maximum atomic E-state index is 12.6. The van der Waals surface area contributed by atoms with Crippen LogP contribution >= 0.6 is 0 Å². The highest BCUT2D eigenvalue weighted by molar-refractivity contribution is 5.80. The molecule has 2 heterocycles. The molecular formula is C19H22N6O3. The van der Waals surface area contributed by atoms with Gasteiger partial charge in [-0.3, -0.25) is 18.5 Å². The summed E-state index contributed by atoms with van der Waals surface area (Å²) in [5.74, 6) is 1.13. The summed E-state index contributed by atoms with van der Waals surface area (Å²) in [6.45, 7) is 6.60. The van der Waals surface area contributed by atoms with Gasteiger partial charge < -0.3 is 4.74 Å². The van der Waals surface area contributed by atoms with E-state index in [-0.39, 0.29) is 5.65 Å². The number of benzene rings is 1. The van der Waals surface area contributed by atoms with Crippen molar-refractivity contribution in [3.63, 3.8) is 0 Å². The van der Waals surface area contributed by atoms with Crippen molar-refractivity contribution in [1.29, 1.82) is 0 Å². The monoisotopic (exact) mass is 382 g/mol. The van der Waals surface area contributed by atoms with Crippen molar-refractivity contribution in [2.45, 2.75) is 13.5 Å². The minimum absolute atomic E-state index is 0.286. The second-order valence-electron chi connectivity index (χ2n) is 6.08. The third-order valence-corrected chi connectivity index (χ3v) is 4.23. The summed E-state index contributed by atoms with van der Waals surface area (Å²) in [5, 5.41) is 4.20. The van der Waals surface area contributed by atoms with E-state index in [1.807, 2.05) is 31.2 Å². The first-order chi connectivity index (χ1) is 13.5. The van der Waals surface area contributed by atoms with E-state index in [0.717, 1.165) is 15.9 Å². The third kappa shape index (κ3) is 3.46. The fourth-order valence-electron chi connectivity index (χ4n) is 2.82. The molecule has 3 rings (SSSR count). The Kier molecular flexibility index (Phi) is 5.44. The van der Waals surface area contributed by atoms with Gasteiger partial charge in [0, 0.05) is 20.6 Å². The van der Waals surface area contributed by atoms with E-state index in [1.165, 1.54) is 11.6 Å². The van der Waals surface area contributed by atoms with Gasteiger partial charge in [0.2, 0.25) is 5.95 Å². The molecule has 0 spiro atoms. The van der Waals surface area contributed by atoms with Crippen LogP contribution in [0.15, 0.2) is 51.6 Å². The van der Waals surface area contributed by atoms with Gasteiger partial charge in [0.25, 0.3) is 5.56 Å². The first kappa shape index (κ1) is 19.2. The molecule has 0 saturated heterocycles. The van der Waals surface area contributed by atoms with Crippen LogP contribution in [-0.4, -0.2) is 31.5 Å². The minimum Gasteiger partial charge on any atom is -0.494 e. The van der Waals surface area contributed by atoms with Gasteiger partial charge in [0.05, 0.1) is 12.8 Å². The average Bonchev–Trinajstić information content (AvgIpc) is 3.05. The minimum atomic E-state index is -0.440. The summed E-state index contributed by atoms with van der Waals surface area (Å²) in [6, 6.07) is 7.47. The molecule has 0 amide bonds. The van der Waals surface area contributed by atoms with Gasteiger partial charge in [-0.05, 0) is 36.8 Å². The Balaban J connectivity index is 1.96. The zero-order chi connectivity index (χ0) is 20.3. The Hall–Kier alpha value is -3.62. The zero-order valence-corrected chi connectivity index (χ0v) is 16.0. The van der Waals surface area contributed by atoms with E-state index in [9.17, 15) is 9.59 Å². The number of hydrazone groups is 1. The molecule has 0 saturated carbocycles. The Morgan fingerprint density at radius 3 is 2.57 bits per heavy atom. The molecule has 9 nitrogen and oxygen atoms in total. The Morgan fingerprint density at radius 2 is 1.93 bits per heavy atom. The van der Waals surface area contributed by atoms with Crippen LogP contribution in [0, 0.1) is 0 Å². The van der Waals surface area contributed by atoms with Crippen LogP contribution in [0.4, 0.5) is 5.95 Å². The Morgan fingerprint density at radius 1 is 1.21 bits per heavy atom. The smallest absolute Gasteiger partial charge is 0.332 e. The number of hydrogen-bond donors (Lipinski definition) is 1. The van der Waals surface area contributed by atoms with Gasteiger partial charge in [-0.2, -0.15) is 10.1 Å². The summed E-state index contributed by atoms with van der Waals surface area (Å²) < 4.78 is 9.43. The quantitative estimate of drug-likeness (QED) is 0.379. The van der Waals surface area contributed by atoms with Crippen molar-refractivity contribution in [3.8, 4) is 5.75 Å². The fourth-order valence-corrected chi connectivity index (χ4v) is 2.82. The van der Waals surface area contributed by atoms with Gasteiger partial charge >= 0.3 is 5.69 Å². The van der Waals surface area contributed by atoms with E-state index in [0.29, 0.717) is 24.6 Å². The van der Waals surface area contributed by atoms with Crippen LogP contribution in [-0.2, 0) is 20.6 Å². The predicted molar refractivity (Wildman–Crippen MR) is 109 cm³/mol. The molecule has 0 bridgehead atoms. The van der Waals surface area contributed by atoms with Crippen LogP contribution in [0.3, 0.4) is 0 Å². The van der Waals surface area contributed by atoms with Gasteiger partial charge in [-0.1, -0.05) is 6.08 Å². The topological polar surface area (TPSA) is 95.4 Å². The van der Waals surface area contributed by atoms with Crippen LogP contribution in [0.2, 0.25) is 0 Å². The highest BCUT2D eigenvalue weighted by Gasteiger charge is 2.18. The fraction of sp³-hybridized carbons (Fsp3) is 0.263. The lowest BCUT2D eigenvalue weighted by Gasteiger charge is -2.06. The van der Waals surface area contributed by atoms with Crippen LogP contribution in [0.1, 0.15) is 12.5 Å². The summed E-state index contributed by atoms with van der Waals surface area (Å²) in [7, 11) is 3.01. The molecular weight excluding hydrogens is 360 g/mol. The van der Waals surface area contributed by atoms with E-state index < -0.39 is 11.2 Å². The molecule has 0 fully saturated rings. The highest BCUT2D eigenvalue weighted by atomic mass is 16.5. The lowest BCUT2D eigenvalue weighted by atomic mass is 10.2. The van der Waals surface area contributed by atoms with Crippen LogP contribution < -0.4 is 21.4 Å². The summed E-state index contributed by atoms with van der Waals surface area (Å²) in [5.41, 5.74) is 3.45. The number of nitrogens with zero attached hydrogens (tertiary/aromatic N) is 5. The molecule has 1 N–H and O–H groups in total. The molecule has 0 radical (unpaired) electrons. The van der Waals surface area contributed by atoms with Gasteiger partial charge in [-0.25, -0.2) is 10.2 Å². The molecule has 0 aliphatic carbocycles. The number of anilines is 1. The van der Waals surface area contributed by atoms with Gasteiger partial charge in [-0.15, -0.1) is 6.58 Å². The van der Waals surface area contributed by atoms with Crippen molar-refractivity contribution in [2.24, 2.45) is 19.2 Å². The summed E-state index contributed by atoms with van der Waals surface area (Å²) in [6.07, 6.45) is 3.28. The molecule has 0 atom stereocenters. The molecule has 0 unspecified atom stereocenters. The third-order valence-electron chi connectivity index (χ3n) is 4.23. The molecule has 0 aliphatic rings. The number of ether oxygens (including phenoxy) is 1. The van der Waals surface area contributed by atoms with E-state index in [1.54, 1.807) is 23.9 Å². The Labute approximate surface area is 161 Å². The Bertz CT molecular complexity index is 1150. The van der Waals surface area contributed by atoms with E-state index >= 15 is 0 Å². The molecule has 28 heavy (non-hydrogen) atoms. The highest BCUT2D eigenvalue weighted by Crippen LogP contribution is 2.16. The van der Waals surface area contributed by atoms with Crippen molar-refractivity contribution < 1.29 is 4.74 Å². The van der Waals surface area contributed by atoms with Crippen molar-refractivity contribution in [3.05, 3.63) is 63.3 Å². The molecule has 2 aromatic heterocycles. The largest absolute Gasteiger partial charge is 0.494 e. The van der Waals surface area contributed by atoms with Crippen LogP contribution in [0.5, 0.6) is 5.75 Å². The second-order valence-corrected chi connectivity index (χ2v) is 6.08. The maximum Gasteiger partial charge on any atom is 0.332 e. The van der Waals surface area contributed by atoms with Gasteiger partial charge in [0.15, 0.2) is 11.2 Å². The first-order valence-electron chi connectivity index (χ1n) is 8.77. The normalized spacial score (nSPS) is 11.2. The van der Waals surface area contributed by atoms with Crippen molar-refractivity contribution >= 4 is 23.3 Å². The molecule has 1 aromatic carbocycles. The lowest BCUT2D eigenvalue weighted by Crippen LogP contribution is -2.37. The number of fused-ring (bicyclic) bond motifs is 1. The standard InChI is InChI=1S/C19H22N6O3/c1-5-11-25-15-16(23(3)19(27)24(4)17(15)26)21-18(25)22-20-12-13-7-9-14(10-8-13)28-6-2/h5,7-10,12H,1,6,11H2,2-4H3,(H,21,22). The van der Waals surface area contributed by atoms with E-state index in [2.05, 4.69) is 22.1 Å². The number of rotatable bonds is 7. The summed E-state index contributed by atoms with van der Waals surface area (Å²) in [4.78, 5) is 29.1. The average molecular weight is 382 g/mol. The number of nitrogens with one attached hydrogen (secondary N) is 1.